The van der Waals surface area contributed by atoms with Crippen molar-refractivity contribution in [1.29, 1.82) is 0 Å². The average molecular weight is 305 g/mol. The Kier molecular flexibility index (Phi) is 6.30. The predicted molar refractivity (Wildman–Crippen MR) is 77.5 cm³/mol. The summed E-state index contributed by atoms with van der Waals surface area (Å²) in [7, 11) is 0. The van der Waals surface area contributed by atoms with Gasteiger partial charge >= 0.3 is 0 Å². The topological polar surface area (TPSA) is 46.2 Å². The Morgan fingerprint density at radius 2 is 1.44 bits per heavy atom. The molecule has 2 aromatic rings. The van der Waals surface area contributed by atoms with Gasteiger partial charge in [-0.25, -0.2) is 0 Å². The van der Waals surface area contributed by atoms with Gasteiger partial charge in [0, 0.05) is 11.6 Å². The lowest BCUT2D eigenvalue weighted by Crippen LogP contribution is -1.94. The Labute approximate surface area is 121 Å². The molecule has 0 atom stereocenters. The lowest BCUT2D eigenvalue weighted by molar-refractivity contribution is 0.476. The maximum absolute atomic E-state index is 9.01. The van der Waals surface area contributed by atoms with Gasteiger partial charge < -0.3 is 10.8 Å². The van der Waals surface area contributed by atoms with E-state index in [1.54, 1.807) is 0 Å². The van der Waals surface area contributed by atoms with Gasteiger partial charge in [0.1, 0.15) is 0 Å². The molecule has 0 saturated heterocycles. The smallest absolute Gasteiger partial charge is 0.152 e. The van der Waals surface area contributed by atoms with Gasteiger partial charge in [-0.2, -0.15) is 0 Å². The molecule has 0 spiro atoms. The largest absolute Gasteiger partial charge is 0.505 e. The lowest BCUT2D eigenvalue weighted by atomic mass is 10.2. The molecule has 0 aromatic heterocycles. The highest BCUT2D eigenvalue weighted by atomic mass is 35.5. The molecule has 0 saturated carbocycles. The van der Waals surface area contributed by atoms with Crippen molar-refractivity contribution in [2.45, 2.75) is 6.54 Å². The van der Waals surface area contributed by atoms with Crippen LogP contribution < -0.4 is 5.73 Å². The number of benzene rings is 2. The minimum absolute atomic E-state index is 0.132. The molecule has 2 aromatic carbocycles. The van der Waals surface area contributed by atoms with Crippen LogP contribution in [0.15, 0.2) is 42.5 Å². The molecular weight excluding hydrogens is 293 g/mol. The van der Waals surface area contributed by atoms with Crippen LogP contribution in [-0.2, 0) is 6.54 Å². The van der Waals surface area contributed by atoms with E-state index in [1.165, 1.54) is 17.7 Å². The van der Waals surface area contributed by atoms with E-state index in [0.29, 0.717) is 11.6 Å². The van der Waals surface area contributed by atoms with Gasteiger partial charge in [0.25, 0.3) is 0 Å². The van der Waals surface area contributed by atoms with Gasteiger partial charge in [-0.3, -0.25) is 0 Å². The third-order valence-electron chi connectivity index (χ3n) is 2.06. The van der Waals surface area contributed by atoms with Crippen LogP contribution in [0.4, 0.5) is 0 Å². The summed E-state index contributed by atoms with van der Waals surface area (Å²) < 4.78 is 0. The van der Waals surface area contributed by atoms with Crippen LogP contribution in [0, 0.1) is 0 Å². The quantitative estimate of drug-likeness (QED) is 0.815. The Morgan fingerprint density at radius 3 is 1.83 bits per heavy atom. The fourth-order valence-corrected chi connectivity index (χ4v) is 1.97. The molecule has 5 heteroatoms. The average Bonchev–Trinajstić information content (AvgIpc) is 2.37. The Hall–Kier alpha value is -0.930. The first-order chi connectivity index (χ1) is 8.54. The molecule has 0 fully saturated rings. The van der Waals surface area contributed by atoms with E-state index in [0.717, 1.165) is 0 Å². The summed E-state index contributed by atoms with van der Waals surface area (Å²) in [5.41, 5.74) is 6.54. The summed E-state index contributed by atoms with van der Waals surface area (Å²) in [6.07, 6.45) is 0. The van der Waals surface area contributed by atoms with E-state index in [-0.39, 0.29) is 15.8 Å². The number of nitrogens with two attached hydrogens (primary N) is 1. The summed E-state index contributed by atoms with van der Waals surface area (Å²) >= 11 is 16.5. The zero-order valence-electron chi connectivity index (χ0n) is 9.41. The van der Waals surface area contributed by atoms with E-state index < -0.39 is 0 Å². The number of hydrogen-bond acceptors (Lipinski definition) is 2. The molecular formula is C13H12Cl3NO. The van der Waals surface area contributed by atoms with Crippen molar-refractivity contribution in [2.24, 2.45) is 5.73 Å². The second kappa shape index (κ2) is 7.49. The third kappa shape index (κ3) is 4.75. The zero-order chi connectivity index (χ0) is 13.5. The Bertz CT molecular complexity index is 480. The van der Waals surface area contributed by atoms with Crippen LogP contribution in [0.1, 0.15) is 5.56 Å². The van der Waals surface area contributed by atoms with Crippen LogP contribution in [0.5, 0.6) is 5.75 Å². The highest BCUT2D eigenvalue weighted by Crippen LogP contribution is 2.34. The molecule has 0 aliphatic rings. The molecule has 2 rings (SSSR count). The van der Waals surface area contributed by atoms with E-state index >= 15 is 0 Å². The van der Waals surface area contributed by atoms with Crippen molar-refractivity contribution in [3.63, 3.8) is 0 Å². The highest BCUT2D eigenvalue weighted by molar-refractivity contribution is 6.40. The Balaban J connectivity index is 0.000000184. The van der Waals surface area contributed by atoms with Crippen molar-refractivity contribution in [2.75, 3.05) is 0 Å². The van der Waals surface area contributed by atoms with Gasteiger partial charge in [-0.05, 0) is 17.7 Å². The summed E-state index contributed by atoms with van der Waals surface area (Å²) in [4.78, 5) is 0. The zero-order valence-corrected chi connectivity index (χ0v) is 11.7. The first-order valence-electron chi connectivity index (χ1n) is 5.12. The maximum Gasteiger partial charge on any atom is 0.152 e. The number of hydrogen-bond donors (Lipinski definition) is 2. The minimum atomic E-state index is -0.132. The van der Waals surface area contributed by atoms with Gasteiger partial charge in [-0.15, -0.1) is 0 Å². The van der Waals surface area contributed by atoms with Gasteiger partial charge in [0.05, 0.1) is 10.0 Å². The molecule has 0 bridgehead atoms. The normalized spacial score (nSPS) is 9.56. The van der Waals surface area contributed by atoms with E-state index in [9.17, 15) is 0 Å². The van der Waals surface area contributed by atoms with Crippen LogP contribution in [0.2, 0.25) is 15.1 Å². The van der Waals surface area contributed by atoms with Crippen molar-refractivity contribution in [1.82, 2.24) is 0 Å². The standard InChI is InChI=1S/C7H9N.C6H3Cl3O/c8-6-7-4-2-1-3-5-7;7-3-1-4(8)6(10)5(9)2-3/h1-5H,6,8H2;1-2,10H. The van der Waals surface area contributed by atoms with Gasteiger partial charge in [0.15, 0.2) is 5.75 Å². The Morgan fingerprint density at radius 1 is 0.944 bits per heavy atom. The fraction of sp³-hybridized carbons (Fsp3) is 0.0769. The van der Waals surface area contributed by atoms with Crippen LogP contribution >= 0.6 is 34.8 Å². The van der Waals surface area contributed by atoms with Crippen LogP contribution in [-0.4, -0.2) is 5.11 Å². The molecule has 96 valence electrons. The second-order valence-corrected chi connectivity index (χ2v) is 4.66. The maximum atomic E-state index is 9.01. The molecule has 2 nitrogen and oxygen atoms in total. The molecule has 0 aliphatic carbocycles. The molecule has 0 unspecified atom stereocenters. The molecule has 0 amide bonds. The van der Waals surface area contributed by atoms with Crippen molar-refractivity contribution in [3.8, 4) is 5.75 Å². The minimum Gasteiger partial charge on any atom is -0.505 e. The first kappa shape index (κ1) is 15.1. The summed E-state index contributed by atoms with van der Waals surface area (Å²) in [6, 6.07) is 12.8. The van der Waals surface area contributed by atoms with Crippen molar-refractivity contribution in [3.05, 3.63) is 63.1 Å². The summed E-state index contributed by atoms with van der Waals surface area (Å²) in [5, 5.41) is 9.75. The lowest BCUT2D eigenvalue weighted by Gasteiger charge is -1.98. The highest BCUT2D eigenvalue weighted by Gasteiger charge is 2.04. The third-order valence-corrected chi connectivity index (χ3v) is 2.85. The van der Waals surface area contributed by atoms with E-state index in [2.05, 4.69) is 0 Å². The summed E-state index contributed by atoms with van der Waals surface area (Å²) in [6.45, 7) is 0.640. The van der Waals surface area contributed by atoms with Gasteiger partial charge in [0.2, 0.25) is 0 Å². The number of phenolic OH excluding ortho intramolecular Hbond substituents is 1. The van der Waals surface area contributed by atoms with Gasteiger partial charge in [-0.1, -0.05) is 65.1 Å². The number of aromatic hydroxyl groups is 1. The second-order valence-electron chi connectivity index (χ2n) is 3.41. The van der Waals surface area contributed by atoms with E-state index in [1.807, 2.05) is 30.3 Å². The van der Waals surface area contributed by atoms with Crippen LogP contribution in [0.3, 0.4) is 0 Å². The molecule has 0 heterocycles. The number of phenols is 1. The van der Waals surface area contributed by atoms with Crippen LogP contribution in [0.25, 0.3) is 0 Å². The predicted octanol–water partition coefficient (Wildman–Crippen LogP) is 4.50. The summed E-state index contributed by atoms with van der Waals surface area (Å²) in [5.74, 6) is -0.132. The first-order valence-corrected chi connectivity index (χ1v) is 6.25. The number of rotatable bonds is 1. The molecule has 3 N–H and O–H groups in total. The monoisotopic (exact) mass is 303 g/mol. The van der Waals surface area contributed by atoms with Crippen molar-refractivity contribution >= 4 is 34.8 Å². The van der Waals surface area contributed by atoms with E-state index in [4.69, 9.17) is 45.6 Å². The SMILES string of the molecule is NCc1ccccc1.Oc1c(Cl)cc(Cl)cc1Cl. The fourth-order valence-electron chi connectivity index (χ4n) is 1.15. The molecule has 18 heavy (non-hydrogen) atoms. The number of halogens is 3. The molecule has 0 radical (unpaired) electrons. The van der Waals surface area contributed by atoms with Crippen molar-refractivity contribution < 1.29 is 5.11 Å². The molecule has 0 aliphatic heterocycles.